The highest BCUT2D eigenvalue weighted by Crippen LogP contribution is 2.42. The summed E-state index contributed by atoms with van der Waals surface area (Å²) in [4.78, 5) is 6.02. The second-order valence-corrected chi connectivity index (χ2v) is 8.80. The number of benzene rings is 1. The number of aliphatic hydroxyl groups excluding tert-OH is 1. The van der Waals surface area contributed by atoms with E-state index >= 15 is 0 Å². The molecule has 2 aliphatic rings. The van der Waals surface area contributed by atoms with E-state index in [1.54, 1.807) is 34.6 Å². The Morgan fingerprint density at radius 3 is 2.72 bits per heavy atom. The number of aromatic nitrogens is 3. The average molecular weight is 414 g/mol. The van der Waals surface area contributed by atoms with Crippen molar-refractivity contribution in [2.24, 2.45) is 0 Å². The van der Waals surface area contributed by atoms with Crippen LogP contribution in [0.3, 0.4) is 0 Å². The summed E-state index contributed by atoms with van der Waals surface area (Å²) in [6, 6.07) is 5.91. The van der Waals surface area contributed by atoms with Gasteiger partial charge in [-0.1, -0.05) is 12.1 Å². The van der Waals surface area contributed by atoms with Crippen LogP contribution in [-0.4, -0.2) is 38.0 Å². The minimum absolute atomic E-state index is 0.272. The molecule has 2 unspecified atom stereocenters. The Kier molecular flexibility index (Phi) is 4.72. The number of nitrogen functional groups attached to an aromatic ring is 1. The maximum Gasteiger partial charge on any atom is 0.165 e. The lowest BCUT2D eigenvalue weighted by Crippen LogP contribution is -2.37. The van der Waals surface area contributed by atoms with E-state index in [1.165, 1.54) is 18.9 Å². The molecule has 29 heavy (non-hydrogen) atoms. The van der Waals surface area contributed by atoms with Crippen molar-refractivity contribution < 1.29 is 9.50 Å². The molecule has 3 aromatic rings. The molecule has 2 aliphatic heterocycles. The van der Waals surface area contributed by atoms with E-state index in [4.69, 9.17) is 10.7 Å². The van der Waals surface area contributed by atoms with Gasteiger partial charge in [-0.05, 0) is 43.6 Å². The Morgan fingerprint density at radius 1 is 1.31 bits per heavy atom. The summed E-state index contributed by atoms with van der Waals surface area (Å²) in [6.45, 7) is -0.328. The number of hydrogen-bond acceptors (Lipinski definition) is 6. The lowest BCUT2D eigenvalue weighted by atomic mass is 9.89. The van der Waals surface area contributed by atoms with Gasteiger partial charge in [-0.3, -0.25) is 0 Å². The highest BCUT2D eigenvalue weighted by Gasteiger charge is 2.36. The Balaban J connectivity index is 1.64. The molecular formula is C21H24FN5OS. The van der Waals surface area contributed by atoms with Crippen molar-refractivity contribution in [3.8, 4) is 11.1 Å². The van der Waals surface area contributed by atoms with E-state index < -0.39 is 5.82 Å². The summed E-state index contributed by atoms with van der Waals surface area (Å²) in [5, 5.41) is 17.4. The molecule has 4 heterocycles. The largest absolute Gasteiger partial charge is 0.392 e. The van der Waals surface area contributed by atoms with Gasteiger partial charge in [0.2, 0.25) is 0 Å². The predicted octanol–water partition coefficient (Wildman–Crippen LogP) is 3.33. The van der Waals surface area contributed by atoms with Crippen LogP contribution in [0.5, 0.6) is 0 Å². The van der Waals surface area contributed by atoms with Crippen LogP contribution in [0.2, 0.25) is 0 Å². The van der Waals surface area contributed by atoms with E-state index in [9.17, 15) is 9.50 Å². The molecule has 2 saturated heterocycles. The molecule has 0 radical (unpaired) electrons. The Bertz CT molecular complexity index is 1070. The summed E-state index contributed by atoms with van der Waals surface area (Å²) in [5.41, 5.74) is 9.88. The van der Waals surface area contributed by atoms with E-state index in [0.29, 0.717) is 35.0 Å². The van der Waals surface area contributed by atoms with Crippen molar-refractivity contribution in [2.75, 3.05) is 12.0 Å². The first-order chi connectivity index (χ1) is 14.1. The Hall–Kier alpha value is -2.16. The van der Waals surface area contributed by atoms with Gasteiger partial charge in [0, 0.05) is 29.1 Å². The van der Waals surface area contributed by atoms with Crippen LogP contribution in [0.4, 0.5) is 10.2 Å². The van der Waals surface area contributed by atoms with Crippen molar-refractivity contribution in [3.63, 3.8) is 0 Å². The Morgan fingerprint density at radius 2 is 2.07 bits per heavy atom. The molecule has 3 atom stereocenters. The van der Waals surface area contributed by atoms with Crippen LogP contribution in [0, 0.1) is 5.82 Å². The summed E-state index contributed by atoms with van der Waals surface area (Å²) in [7, 11) is 0. The standard InChI is InChI=1S/C21H24FN5OS/c1-29-19-18(13-6-14-4-5-15(7-13)25-14)26-21-16(9-24-27(21)20(19)23)11-2-3-12(10-28)17(22)8-11/h2-3,8-9,13-15,25,28H,4-7,10,23H2,1H3/t13?,14-,15?/m0/s1. The molecular weight excluding hydrogens is 389 g/mol. The van der Waals surface area contributed by atoms with Crippen molar-refractivity contribution in [1.29, 1.82) is 0 Å². The minimum atomic E-state index is -0.437. The number of fused-ring (bicyclic) bond motifs is 3. The van der Waals surface area contributed by atoms with Crippen LogP contribution < -0.4 is 11.1 Å². The van der Waals surface area contributed by atoms with E-state index in [1.807, 2.05) is 6.26 Å². The van der Waals surface area contributed by atoms with Gasteiger partial charge in [0.25, 0.3) is 0 Å². The molecule has 8 heteroatoms. The number of piperidine rings is 1. The number of anilines is 1. The van der Waals surface area contributed by atoms with Gasteiger partial charge in [-0.2, -0.15) is 9.61 Å². The van der Waals surface area contributed by atoms with E-state index in [0.717, 1.165) is 29.0 Å². The molecule has 152 valence electrons. The zero-order chi connectivity index (χ0) is 20.1. The van der Waals surface area contributed by atoms with E-state index in [-0.39, 0.29) is 12.2 Å². The van der Waals surface area contributed by atoms with Crippen molar-refractivity contribution in [2.45, 2.75) is 55.2 Å². The number of nitrogens with one attached hydrogen (secondary N) is 1. The topological polar surface area (TPSA) is 88.5 Å². The molecule has 2 aromatic heterocycles. The third-order valence-electron chi connectivity index (χ3n) is 6.26. The molecule has 5 rings (SSSR count). The predicted molar refractivity (Wildman–Crippen MR) is 112 cm³/mol. The number of thioether (sulfide) groups is 1. The summed E-state index contributed by atoms with van der Waals surface area (Å²) in [5.74, 6) is 0.509. The fourth-order valence-corrected chi connectivity index (χ4v) is 5.55. The van der Waals surface area contributed by atoms with Gasteiger partial charge >= 0.3 is 0 Å². The molecule has 0 aliphatic carbocycles. The fourth-order valence-electron chi connectivity index (χ4n) is 4.83. The van der Waals surface area contributed by atoms with Gasteiger partial charge in [0.1, 0.15) is 11.6 Å². The SMILES string of the molecule is CSc1c(C2CC3CC[C@@H](C2)N3)nc2c(-c3ccc(CO)c(F)c3)cnn2c1N. The summed E-state index contributed by atoms with van der Waals surface area (Å²) < 4.78 is 15.9. The average Bonchev–Trinajstić information content (AvgIpc) is 3.30. The maximum atomic E-state index is 14.3. The maximum absolute atomic E-state index is 14.3. The lowest BCUT2D eigenvalue weighted by Gasteiger charge is -2.30. The third kappa shape index (κ3) is 3.10. The van der Waals surface area contributed by atoms with Crippen LogP contribution in [0.25, 0.3) is 16.8 Å². The number of aliphatic hydroxyl groups is 1. The van der Waals surface area contributed by atoms with Gasteiger partial charge in [-0.25, -0.2) is 9.37 Å². The zero-order valence-electron chi connectivity index (χ0n) is 16.2. The Labute approximate surface area is 172 Å². The molecule has 4 N–H and O–H groups in total. The first-order valence-electron chi connectivity index (χ1n) is 9.95. The molecule has 1 aromatic carbocycles. The van der Waals surface area contributed by atoms with Crippen molar-refractivity contribution in [3.05, 3.63) is 41.5 Å². The summed E-state index contributed by atoms with van der Waals surface area (Å²) in [6.07, 6.45) is 8.29. The van der Waals surface area contributed by atoms with Crippen LogP contribution in [0.15, 0.2) is 29.3 Å². The zero-order valence-corrected chi connectivity index (χ0v) is 17.0. The highest BCUT2D eigenvalue weighted by molar-refractivity contribution is 7.98. The first-order valence-corrected chi connectivity index (χ1v) is 11.2. The smallest absolute Gasteiger partial charge is 0.165 e. The molecule has 2 bridgehead atoms. The highest BCUT2D eigenvalue weighted by atomic mass is 32.2. The van der Waals surface area contributed by atoms with Crippen molar-refractivity contribution in [1.82, 2.24) is 19.9 Å². The number of hydrogen-bond donors (Lipinski definition) is 3. The van der Waals surface area contributed by atoms with Gasteiger partial charge in [0.15, 0.2) is 5.65 Å². The minimum Gasteiger partial charge on any atom is -0.392 e. The van der Waals surface area contributed by atoms with Gasteiger partial charge < -0.3 is 16.2 Å². The first kappa shape index (κ1) is 18.8. The molecule has 0 amide bonds. The van der Waals surface area contributed by atoms with Crippen molar-refractivity contribution >= 4 is 23.2 Å². The van der Waals surface area contributed by atoms with Crippen LogP contribution in [-0.2, 0) is 6.61 Å². The number of rotatable bonds is 4. The van der Waals surface area contributed by atoms with Crippen LogP contribution in [0.1, 0.15) is 42.9 Å². The third-order valence-corrected chi connectivity index (χ3v) is 7.09. The second kappa shape index (κ2) is 7.27. The monoisotopic (exact) mass is 413 g/mol. The normalized spacial score (nSPS) is 23.8. The second-order valence-electron chi connectivity index (χ2n) is 7.98. The quantitative estimate of drug-likeness (QED) is 0.569. The number of nitrogens with two attached hydrogens (primary N) is 1. The van der Waals surface area contributed by atoms with Crippen LogP contribution >= 0.6 is 11.8 Å². The number of halogens is 1. The molecule has 0 saturated carbocycles. The van der Waals surface area contributed by atoms with Gasteiger partial charge in [-0.15, -0.1) is 11.8 Å². The summed E-state index contributed by atoms with van der Waals surface area (Å²) >= 11 is 1.61. The number of nitrogens with zero attached hydrogens (tertiary/aromatic N) is 3. The van der Waals surface area contributed by atoms with E-state index in [2.05, 4.69) is 10.4 Å². The van der Waals surface area contributed by atoms with Gasteiger partial charge in [0.05, 0.1) is 23.4 Å². The molecule has 2 fully saturated rings. The molecule has 6 nitrogen and oxygen atoms in total. The lowest BCUT2D eigenvalue weighted by molar-refractivity contribution is 0.276. The molecule has 0 spiro atoms. The fraction of sp³-hybridized carbons (Fsp3) is 0.429.